The van der Waals surface area contributed by atoms with Crippen LogP contribution in [-0.2, 0) is 16.0 Å². The molecule has 3 aromatic carbocycles. The maximum absolute atomic E-state index is 13.2. The average Bonchev–Trinajstić information content (AvgIpc) is 3.11. The lowest BCUT2D eigenvalue weighted by atomic mass is 10.1. The van der Waals surface area contributed by atoms with E-state index in [0.29, 0.717) is 16.2 Å². The first kappa shape index (κ1) is 21.5. The second kappa shape index (κ2) is 9.62. The smallest absolute Gasteiger partial charge is 0.280 e. The molecule has 0 unspecified atom stereocenters. The molecule has 0 aromatic heterocycles. The van der Waals surface area contributed by atoms with Crippen LogP contribution in [0.4, 0.5) is 0 Å². The molecular formula is C25H22N2O4S. The highest BCUT2D eigenvalue weighted by atomic mass is 32.2. The maximum Gasteiger partial charge on any atom is 0.280 e. The van der Waals surface area contributed by atoms with Crippen molar-refractivity contribution in [3.63, 3.8) is 0 Å². The van der Waals surface area contributed by atoms with Gasteiger partial charge in [0.1, 0.15) is 16.9 Å². The molecule has 32 heavy (non-hydrogen) atoms. The van der Waals surface area contributed by atoms with Crippen LogP contribution < -0.4 is 10.2 Å². The summed E-state index contributed by atoms with van der Waals surface area (Å²) in [4.78, 5) is 26.4. The van der Waals surface area contributed by atoms with Crippen LogP contribution in [0.1, 0.15) is 22.1 Å². The van der Waals surface area contributed by atoms with E-state index in [2.05, 4.69) is 5.43 Å². The van der Waals surface area contributed by atoms with Crippen molar-refractivity contribution in [2.24, 2.45) is 0 Å². The largest absolute Gasteiger partial charge is 0.507 e. The Morgan fingerprint density at radius 3 is 2.44 bits per heavy atom. The van der Waals surface area contributed by atoms with Crippen LogP contribution in [0, 0.1) is 0 Å². The topological polar surface area (TPSA) is 78.9 Å². The number of nitrogens with zero attached hydrogens (tertiary/aromatic N) is 1. The molecule has 3 aromatic rings. The monoisotopic (exact) mass is 446 g/mol. The number of hydrazine groups is 1. The van der Waals surface area contributed by atoms with Crippen molar-refractivity contribution in [3.05, 3.63) is 100 Å². The minimum absolute atomic E-state index is 0.0842. The van der Waals surface area contributed by atoms with Crippen molar-refractivity contribution in [3.8, 4) is 11.5 Å². The van der Waals surface area contributed by atoms with E-state index in [-0.39, 0.29) is 24.0 Å². The molecule has 0 radical (unpaired) electrons. The number of benzene rings is 3. The quantitative estimate of drug-likeness (QED) is 0.553. The second-order valence-electron chi connectivity index (χ2n) is 7.18. The van der Waals surface area contributed by atoms with E-state index in [0.717, 1.165) is 11.1 Å². The van der Waals surface area contributed by atoms with Gasteiger partial charge in [0.2, 0.25) is 5.91 Å². The molecule has 162 valence electrons. The zero-order chi connectivity index (χ0) is 22.5. The number of hydrogen-bond acceptors (Lipinski definition) is 5. The summed E-state index contributed by atoms with van der Waals surface area (Å²) in [6.45, 7) is 0. The Labute approximate surface area is 190 Å². The molecule has 0 spiro atoms. The van der Waals surface area contributed by atoms with Crippen LogP contribution in [0.3, 0.4) is 0 Å². The number of phenols is 1. The van der Waals surface area contributed by atoms with E-state index in [1.54, 1.807) is 37.5 Å². The SMILES string of the molecule is COc1ccc([C@@H]2S/C(=C/c3ccccc3O)C(=O)N2NC(=O)Cc2ccccc2)cc1. The number of hydrogen-bond donors (Lipinski definition) is 2. The van der Waals surface area contributed by atoms with Crippen LogP contribution in [0.5, 0.6) is 11.5 Å². The number of amides is 2. The Bertz CT molecular complexity index is 1150. The highest BCUT2D eigenvalue weighted by molar-refractivity contribution is 8.04. The second-order valence-corrected chi connectivity index (χ2v) is 8.31. The first-order valence-corrected chi connectivity index (χ1v) is 10.9. The molecule has 1 aliphatic rings. The lowest BCUT2D eigenvalue weighted by molar-refractivity contribution is -0.137. The number of carbonyl (C=O) groups is 2. The fourth-order valence-electron chi connectivity index (χ4n) is 3.35. The average molecular weight is 447 g/mol. The Kier molecular flexibility index (Phi) is 6.47. The zero-order valence-electron chi connectivity index (χ0n) is 17.4. The number of thioether (sulfide) groups is 1. The van der Waals surface area contributed by atoms with Crippen molar-refractivity contribution in [1.29, 1.82) is 0 Å². The Morgan fingerprint density at radius 2 is 1.75 bits per heavy atom. The molecule has 1 fully saturated rings. The molecular weight excluding hydrogens is 424 g/mol. The number of nitrogens with one attached hydrogen (secondary N) is 1. The van der Waals surface area contributed by atoms with Crippen LogP contribution in [-0.4, -0.2) is 29.0 Å². The lowest BCUT2D eigenvalue weighted by Crippen LogP contribution is -2.44. The molecule has 1 aliphatic heterocycles. The van der Waals surface area contributed by atoms with Crippen molar-refractivity contribution in [2.75, 3.05) is 7.11 Å². The molecule has 1 heterocycles. The van der Waals surface area contributed by atoms with Crippen molar-refractivity contribution < 1.29 is 19.4 Å². The van der Waals surface area contributed by atoms with Gasteiger partial charge in [-0.3, -0.25) is 15.0 Å². The number of ether oxygens (including phenoxy) is 1. The highest BCUT2D eigenvalue weighted by Gasteiger charge is 2.38. The van der Waals surface area contributed by atoms with Gasteiger partial charge in [0.15, 0.2) is 0 Å². The number of rotatable bonds is 6. The van der Waals surface area contributed by atoms with E-state index in [4.69, 9.17) is 4.74 Å². The number of methoxy groups -OCH3 is 1. The van der Waals surface area contributed by atoms with Gasteiger partial charge in [-0.25, -0.2) is 5.01 Å². The first-order valence-electron chi connectivity index (χ1n) is 10.0. The van der Waals surface area contributed by atoms with E-state index >= 15 is 0 Å². The summed E-state index contributed by atoms with van der Waals surface area (Å²) < 4.78 is 5.23. The van der Waals surface area contributed by atoms with Gasteiger partial charge in [-0.2, -0.15) is 0 Å². The van der Waals surface area contributed by atoms with Gasteiger partial charge in [-0.05, 0) is 35.4 Å². The molecule has 1 saturated heterocycles. The number of para-hydroxylation sites is 1. The maximum atomic E-state index is 13.2. The third kappa shape index (κ3) is 4.78. The molecule has 7 heteroatoms. The van der Waals surface area contributed by atoms with Crippen molar-refractivity contribution in [1.82, 2.24) is 10.4 Å². The first-order chi connectivity index (χ1) is 15.5. The minimum atomic E-state index is -0.453. The Hall–Kier alpha value is -3.71. The van der Waals surface area contributed by atoms with Crippen LogP contribution in [0.2, 0.25) is 0 Å². The van der Waals surface area contributed by atoms with Crippen molar-refractivity contribution in [2.45, 2.75) is 11.8 Å². The molecule has 0 aliphatic carbocycles. The lowest BCUT2D eigenvalue weighted by Gasteiger charge is -2.24. The summed E-state index contributed by atoms with van der Waals surface area (Å²) in [5.74, 6) is 0.168. The van der Waals surface area contributed by atoms with Crippen molar-refractivity contribution >= 4 is 29.7 Å². The number of carbonyl (C=O) groups excluding carboxylic acids is 2. The van der Waals surface area contributed by atoms with Crippen LogP contribution in [0.25, 0.3) is 6.08 Å². The van der Waals surface area contributed by atoms with Crippen LogP contribution in [0.15, 0.2) is 83.8 Å². The minimum Gasteiger partial charge on any atom is -0.507 e. The summed E-state index contributed by atoms with van der Waals surface area (Å²) in [7, 11) is 1.59. The summed E-state index contributed by atoms with van der Waals surface area (Å²) >= 11 is 1.32. The molecule has 0 saturated carbocycles. The van der Waals surface area contributed by atoms with Gasteiger partial charge >= 0.3 is 0 Å². The van der Waals surface area contributed by atoms with Gasteiger partial charge in [0, 0.05) is 5.56 Å². The molecule has 4 rings (SSSR count). The number of aromatic hydroxyl groups is 1. The summed E-state index contributed by atoms with van der Waals surface area (Å²) in [6.07, 6.45) is 1.80. The van der Waals surface area contributed by atoms with Gasteiger partial charge < -0.3 is 9.84 Å². The number of phenolic OH excluding ortho intramolecular Hbond substituents is 1. The highest BCUT2D eigenvalue weighted by Crippen LogP contribution is 2.45. The Balaban J connectivity index is 1.62. The summed E-state index contributed by atoms with van der Waals surface area (Å²) in [5, 5.41) is 11.0. The fraction of sp³-hybridized carbons (Fsp3) is 0.120. The summed E-state index contributed by atoms with van der Waals surface area (Å²) in [6, 6.07) is 23.5. The van der Waals surface area contributed by atoms with Gasteiger partial charge in [-0.1, -0.05) is 72.4 Å². The van der Waals surface area contributed by atoms with E-state index in [1.165, 1.54) is 16.8 Å². The predicted octanol–water partition coefficient (Wildman–Crippen LogP) is 4.29. The van der Waals surface area contributed by atoms with Gasteiger partial charge in [0.05, 0.1) is 18.4 Å². The standard InChI is InChI=1S/C25H22N2O4S/c1-31-20-13-11-18(12-14-20)25-27(26-23(29)15-17-7-3-2-4-8-17)24(30)22(32-25)16-19-9-5-6-10-21(19)28/h2-14,16,25,28H,15H2,1H3,(H,26,29)/b22-16+/t25-/m0/s1. The molecule has 2 N–H and O–H groups in total. The van der Waals surface area contributed by atoms with Gasteiger partial charge in [0.25, 0.3) is 5.91 Å². The molecule has 1 atom stereocenters. The zero-order valence-corrected chi connectivity index (χ0v) is 18.2. The molecule has 2 amide bonds. The van der Waals surface area contributed by atoms with E-state index in [1.807, 2.05) is 54.6 Å². The normalized spacial score (nSPS) is 16.9. The van der Waals surface area contributed by atoms with Crippen LogP contribution >= 0.6 is 11.8 Å². The summed E-state index contributed by atoms with van der Waals surface area (Å²) in [5.41, 5.74) is 5.01. The molecule has 0 bridgehead atoms. The Morgan fingerprint density at radius 1 is 1.06 bits per heavy atom. The van der Waals surface area contributed by atoms with E-state index < -0.39 is 5.37 Å². The predicted molar refractivity (Wildman–Crippen MR) is 125 cm³/mol. The third-order valence-electron chi connectivity index (χ3n) is 4.98. The van der Waals surface area contributed by atoms with E-state index in [9.17, 15) is 14.7 Å². The third-order valence-corrected chi connectivity index (χ3v) is 6.23. The fourth-order valence-corrected chi connectivity index (χ4v) is 4.53. The molecule has 6 nitrogen and oxygen atoms in total. The van der Waals surface area contributed by atoms with Gasteiger partial charge in [-0.15, -0.1) is 0 Å².